The Bertz CT molecular complexity index is 1040. The van der Waals surface area contributed by atoms with Crippen LogP contribution >= 0.6 is 0 Å². The lowest BCUT2D eigenvalue weighted by atomic mass is 9.98. The first-order valence-electron chi connectivity index (χ1n) is 9.98. The maximum Gasteiger partial charge on any atom is 0.404 e. The third-order valence-corrected chi connectivity index (χ3v) is 5.36. The number of nitrogens with zero attached hydrogens (tertiary/aromatic N) is 3. The molecule has 0 spiro atoms. The highest BCUT2D eigenvalue weighted by atomic mass is 19.4. The molecular formula is C23H21F3N4O. The fourth-order valence-corrected chi connectivity index (χ4v) is 3.92. The lowest BCUT2D eigenvalue weighted by Crippen LogP contribution is -2.40. The van der Waals surface area contributed by atoms with Gasteiger partial charge in [-0.25, -0.2) is 4.98 Å². The van der Waals surface area contributed by atoms with E-state index in [1.807, 2.05) is 36.4 Å². The Kier molecular flexibility index (Phi) is 5.99. The molecule has 1 aliphatic heterocycles. The number of rotatable bonds is 5. The van der Waals surface area contributed by atoms with Gasteiger partial charge < -0.3 is 5.32 Å². The molecule has 0 saturated carbocycles. The fraction of sp³-hybridized carbons (Fsp3) is 0.261. The number of hydrogen-bond acceptors (Lipinski definition) is 4. The van der Waals surface area contributed by atoms with Gasteiger partial charge in [0.25, 0.3) is 5.91 Å². The smallest absolute Gasteiger partial charge is 0.321 e. The van der Waals surface area contributed by atoms with Crippen molar-refractivity contribution >= 4 is 11.6 Å². The average Bonchev–Trinajstić information content (AvgIpc) is 3.24. The number of anilines is 1. The van der Waals surface area contributed by atoms with E-state index in [1.54, 1.807) is 12.1 Å². The minimum atomic E-state index is -4.26. The van der Waals surface area contributed by atoms with E-state index in [0.29, 0.717) is 18.7 Å². The van der Waals surface area contributed by atoms with Gasteiger partial charge in [-0.3, -0.25) is 14.7 Å². The second-order valence-corrected chi connectivity index (χ2v) is 7.45. The van der Waals surface area contributed by atoms with E-state index in [1.165, 1.54) is 23.5 Å². The van der Waals surface area contributed by atoms with E-state index in [0.717, 1.165) is 16.7 Å². The van der Waals surface area contributed by atoms with Crippen LogP contribution in [0.25, 0.3) is 11.1 Å². The van der Waals surface area contributed by atoms with Crippen molar-refractivity contribution < 1.29 is 18.0 Å². The normalized spacial score (nSPS) is 16.9. The Hall–Kier alpha value is -3.26. The summed E-state index contributed by atoms with van der Waals surface area (Å²) in [5.41, 5.74) is 3.12. The number of alkyl halides is 3. The number of carbonyl (C=O) groups excluding carboxylic acids is 1. The van der Waals surface area contributed by atoms with Crippen LogP contribution < -0.4 is 5.32 Å². The minimum absolute atomic E-state index is 0.104. The van der Waals surface area contributed by atoms with Crippen molar-refractivity contribution in [3.8, 4) is 11.1 Å². The van der Waals surface area contributed by atoms with Crippen molar-refractivity contribution in [1.82, 2.24) is 14.9 Å². The van der Waals surface area contributed by atoms with Gasteiger partial charge in [0, 0.05) is 24.6 Å². The number of nitrogens with one attached hydrogen (secondary N) is 1. The number of amides is 1. The number of benzene rings is 2. The largest absolute Gasteiger partial charge is 0.404 e. The SMILES string of the molecule is O=C(Nc1ccc(-c2ccccc2)c(CN2CCCC2C(F)(F)F)c1)c1cnccn1. The van der Waals surface area contributed by atoms with E-state index in [-0.39, 0.29) is 18.7 Å². The van der Waals surface area contributed by atoms with E-state index < -0.39 is 18.1 Å². The predicted octanol–water partition coefficient (Wildman–Crippen LogP) is 4.92. The van der Waals surface area contributed by atoms with Crippen LogP contribution in [0.5, 0.6) is 0 Å². The molecule has 1 fully saturated rings. The summed E-state index contributed by atoms with van der Waals surface area (Å²) in [6.07, 6.45) is 0.593. The van der Waals surface area contributed by atoms with Crippen LogP contribution in [0.2, 0.25) is 0 Å². The van der Waals surface area contributed by atoms with E-state index in [9.17, 15) is 18.0 Å². The van der Waals surface area contributed by atoms with Crippen LogP contribution in [0, 0.1) is 0 Å². The van der Waals surface area contributed by atoms with Crippen molar-refractivity contribution in [3.05, 3.63) is 78.4 Å². The van der Waals surface area contributed by atoms with Gasteiger partial charge in [-0.15, -0.1) is 0 Å². The van der Waals surface area contributed by atoms with Crippen LogP contribution in [0.1, 0.15) is 28.9 Å². The second-order valence-electron chi connectivity index (χ2n) is 7.45. The summed E-state index contributed by atoms with van der Waals surface area (Å²) >= 11 is 0. The molecule has 2 heterocycles. The molecule has 1 N–H and O–H groups in total. The molecule has 8 heteroatoms. The third kappa shape index (κ3) is 4.91. The van der Waals surface area contributed by atoms with Crippen molar-refractivity contribution in [2.75, 3.05) is 11.9 Å². The molecule has 0 bridgehead atoms. The first-order chi connectivity index (χ1) is 14.9. The Morgan fingerprint density at radius 3 is 2.65 bits per heavy atom. The summed E-state index contributed by atoms with van der Waals surface area (Å²) in [7, 11) is 0. The lowest BCUT2D eigenvalue weighted by molar-refractivity contribution is -0.177. The van der Waals surface area contributed by atoms with Gasteiger partial charge in [0.15, 0.2) is 0 Å². The van der Waals surface area contributed by atoms with Crippen molar-refractivity contribution in [2.24, 2.45) is 0 Å². The van der Waals surface area contributed by atoms with Crippen LogP contribution in [0.15, 0.2) is 67.1 Å². The number of carbonyl (C=O) groups is 1. The average molecular weight is 426 g/mol. The molecular weight excluding hydrogens is 405 g/mol. The van der Waals surface area contributed by atoms with Crippen molar-refractivity contribution in [3.63, 3.8) is 0 Å². The summed E-state index contributed by atoms with van der Waals surface area (Å²) in [6, 6.07) is 13.4. The van der Waals surface area contributed by atoms with Gasteiger partial charge in [0.05, 0.1) is 6.20 Å². The molecule has 0 aliphatic carbocycles. The highest BCUT2D eigenvalue weighted by Gasteiger charge is 2.45. The number of halogens is 3. The summed E-state index contributed by atoms with van der Waals surface area (Å²) in [5.74, 6) is -0.430. The highest BCUT2D eigenvalue weighted by Crippen LogP contribution is 2.35. The van der Waals surface area contributed by atoms with Gasteiger partial charge in [0.2, 0.25) is 0 Å². The molecule has 1 amide bonds. The van der Waals surface area contributed by atoms with E-state index >= 15 is 0 Å². The highest BCUT2D eigenvalue weighted by molar-refractivity contribution is 6.02. The fourth-order valence-electron chi connectivity index (χ4n) is 3.92. The molecule has 4 rings (SSSR count). The monoisotopic (exact) mass is 426 g/mol. The molecule has 0 radical (unpaired) electrons. The molecule has 5 nitrogen and oxygen atoms in total. The van der Waals surface area contributed by atoms with Crippen LogP contribution in [-0.4, -0.2) is 39.5 Å². The summed E-state index contributed by atoms with van der Waals surface area (Å²) in [5, 5.41) is 2.76. The Labute approximate surface area is 178 Å². The Balaban J connectivity index is 1.65. The topological polar surface area (TPSA) is 58.1 Å². The molecule has 3 aromatic rings. The molecule has 1 aliphatic rings. The van der Waals surface area contributed by atoms with Crippen LogP contribution in [0.3, 0.4) is 0 Å². The van der Waals surface area contributed by atoms with Crippen molar-refractivity contribution in [2.45, 2.75) is 31.6 Å². The van der Waals surface area contributed by atoms with E-state index in [4.69, 9.17) is 0 Å². The third-order valence-electron chi connectivity index (χ3n) is 5.36. The Morgan fingerprint density at radius 2 is 1.94 bits per heavy atom. The lowest BCUT2D eigenvalue weighted by Gasteiger charge is -2.27. The Morgan fingerprint density at radius 1 is 1.13 bits per heavy atom. The quantitative estimate of drug-likeness (QED) is 0.629. The second kappa shape index (κ2) is 8.85. The molecule has 1 aromatic heterocycles. The van der Waals surface area contributed by atoms with Crippen LogP contribution in [0.4, 0.5) is 18.9 Å². The number of hydrogen-bond donors (Lipinski definition) is 1. The summed E-state index contributed by atoms with van der Waals surface area (Å²) in [6.45, 7) is 0.526. The summed E-state index contributed by atoms with van der Waals surface area (Å²) < 4.78 is 40.4. The molecule has 1 atom stereocenters. The standard InChI is InChI=1S/C23H21F3N4O/c24-23(25,26)21-7-4-12-30(21)15-17-13-18(29-22(31)20-14-27-10-11-28-20)8-9-19(17)16-5-2-1-3-6-16/h1-3,5-6,8-11,13-14,21H,4,7,12,15H2,(H,29,31). The number of likely N-dealkylation sites (tertiary alicyclic amines) is 1. The minimum Gasteiger partial charge on any atom is -0.321 e. The van der Waals surface area contributed by atoms with Gasteiger partial charge in [-0.1, -0.05) is 36.4 Å². The zero-order valence-electron chi connectivity index (χ0n) is 16.6. The molecule has 1 saturated heterocycles. The first-order valence-corrected chi connectivity index (χ1v) is 9.98. The van der Waals surface area contributed by atoms with Gasteiger partial charge >= 0.3 is 6.18 Å². The van der Waals surface area contributed by atoms with Gasteiger partial charge in [0.1, 0.15) is 11.7 Å². The molecule has 160 valence electrons. The molecule has 2 aromatic carbocycles. The van der Waals surface area contributed by atoms with Crippen molar-refractivity contribution in [1.29, 1.82) is 0 Å². The zero-order valence-corrected chi connectivity index (χ0v) is 16.6. The van der Waals surface area contributed by atoms with Gasteiger partial charge in [-0.05, 0) is 48.2 Å². The maximum atomic E-state index is 13.5. The first kappa shape index (κ1) is 21.0. The zero-order chi connectivity index (χ0) is 21.8. The van der Waals surface area contributed by atoms with E-state index in [2.05, 4.69) is 15.3 Å². The molecule has 1 unspecified atom stereocenters. The maximum absolute atomic E-state index is 13.5. The predicted molar refractivity (Wildman–Crippen MR) is 111 cm³/mol. The molecule has 31 heavy (non-hydrogen) atoms. The number of aromatic nitrogens is 2. The van der Waals surface area contributed by atoms with Crippen LogP contribution in [-0.2, 0) is 6.54 Å². The van der Waals surface area contributed by atoms with Gasteiger partial charge in [-0.2, -0.15) is 13.2 Å². The summed E-state index contributed by atoms with van der Waals surface area (Å²) in [4.78, 5) is 21.8.